The Morgan fingerprint density at radius 2 is 1.94 bits per heavy atom. The molecular formula is C37H35ClF5N7O3S. The van der Waals surface area contributed by atoms with E-state index in [1.165, 1.54) is 17.0 Å². The largest absolute Gasteiger partial charge is 0.461 e. The number of nitriles is 1. The third-order valence-corrected chi connectivity index (χ3v) is 13.4. The van der Waals surface area contributed by atoms with E-state index in [-0.39, 0.29) is 98.7 Å². The maximum Gasteiger partial charge on any atom is 0.319 e. The summed E-state index contributed by atoms with van der Waals surface area (Å²) >= 11 is 7.75. The molecule has 54 heavy (non-hydrogen) atoms. The number of rotatable bonds is 6. The Kier molecular flexibility index (Phi) is 8.24. The van der Waals surface area contributed by atoms with E-state index in [9.17, 15) is 32.7 Å². The van der Waals surface area contributed by atoms with E-state index < -0.39 is 59.0 Å². The van der Waals surface area contributed by atoms with Gasteiger partial charge in [-0.2, -0.15) is 15.2 Å². The van der Waals surface area contributed by atoms with Crippen LogP contribution >= 0.6 is 22.9 Å². The average molecular weight is 788 g/mol. The second-order valence-electron chi connectivity index (χ2n) is 15.7. The quantitative estimate of drug-likeness (QED) is 0.216. The lowest BCUT2D eigenvalue weighted by Gasteiger charge is -2.51. The Morgan fingerprint density at radius 3 is 2.69 bits per heavy atom. The van der Waals surface area contributed by atoms with E-state index in [0.717, 1.165) is 30.4 Å². The molecule has 0 bridgehead atoms. The van der Waals surface area contributed by atoms with Gasteiger partial charge in [0.05, 0.1) is 26.9 Å². The zero-order valence-corrected chi connectivity index (χ0v) is 30.4. The number of nitrogen functional groups attached to an aromatic ring is 1. The van der Waals surface area contributed by atoms with Gasteiger partial charge in [0.25, 0.3) is 5.92 Å². The lowest BCUT2D eigenvalue weighted by atomic mass is 9.75. The average Bonchev–Trinajstić information content (AvgIpc) is 3.30. The molecule has 2 aromatic carbocycles. The second kappa shape index (κ2) is 12.5. The molecule has 5 aliphatic rings. The Labute approximate surface area is 315 Å². The third kappa shape index (κ3) is 5.64. The van der Waals surface area contributed by atoms with Crippen molar-refractivity contribution in [2.24, 2.45) is 11.3 Å². The fourth-order valence-electron chi connectivity index (χ4n) is 9.28. The zero-order valence-electron chi connectivity index (χ0n) is 28.9. The van der Waals surface area contributed by atoms with E-state index in [4.69, 9.17) is 27.1 Å². The highest BCUT2D eigenvalue weighted by molar-refractivity contribution is 7.23. The molecular weight excluding hydrogens is 753 g/mol. The molecule has 9 rings (SSSR count). The summed E-state index contributed by atoms with van der Waals surface area (Å²) < 4.78 is 80.7. The first-order valence-corrected chi connectivity index (χ1v) is 19.1. The molecule has 1 spiro atoms. The first-order valence-electron chi connectivity index (χ1n) is 17.9. The molecule has 1 aliphatic carbocycles. The number of benzene rings is 2. The lowest BCUT2D eigenvalue weighted by Crippen LogP contribution is -2.62. The van der Waals surface area contributed by atoms with Crippen LogP contribution in [0.25, 0.3) is 32.1 Å². The molecule has 1 unspecified atom stereocenters. The van der Waals surface area contributed by atoms with Crippen LogP contribution in [0.15, 0.2) is 18.2 Å². The molecule has 4 aliphatic heterocycles. The van der Waals surface area contributed by atoms with Gasteiger partial charge < -0.3 is 25.4 Å². The number of fused-ring (bicyclic) bond motifs is 3. The van der Waals surface area contributed by atoms with Crippen molar-refractivity contribution in [2.75, 3.05) is 56.5 Å². The number of likely N-dealkylation sites (tertiary alicyclic amines) is 1. The summed E-state index contributed by atoms with van der Waals surface area (Å²) in [5.74, 6) is -6.23. The van der Waals surface area contributed by atoms with Gasteiger partial charge in [0.2, 0.25) is 5.91 Å². The van der Waals surface area contributed by atoms with Gasteiger partial charge in [-0.05, 0) is 49.9 Å². The third-order valence-electron chi connectivity index (χ3n) is 12.0. The summed E-state index contributed by atoms with van der Waals surface area (Å²) in [7, 11) is 0. The van der Waals surface area contributed by atoms with Gasteiger partial charge in [0.15, 0.2) is 5.82 Å². The van der Waals surface area contributed by atoms with Crippen molar-refractivity contribution in [2.45, 2.75) is 62.3 Å². The number of alkyl halides is 3. The molecule has 6 heterocycles. The molecule has 1 saturated carbocycles. The van der Waals surface area contributed by atoms with Crippen LogP contribution in [0.4, 0.5) is 32.8 Å². The summed E-state index contributed by atoms with van der Waals surface area (Å²) in [4.78, 5) is 27.4. The summed E-state index contributed by atoms with van der Waals surface area (Å²) in [6.07, 6.45) is 0.404. The minimum atomic E-state index is -2.99. The van der Waals surface area contributed by atoms with E-state index in [1.54, 1.807) is 4.90 Å². The SMILES string of the molecule is N#Cc1c(N)sc2c(F)ccc(-c3c(Cl)cc4c(N5CC(O)CCC6(CN(C(=O)[C@@H]7CC7(F)F)C6)C5)nc(OC[C@@]56CCCN5C[C@H](F)C6)nc4c3F)c12. The highest BCUT2D eigenvalue weighted by Crippen LogP contribution is 2.52. The zero-order chi connectivity index (χ0) is 37.9. The Bertz CT molecular complexity index is 2280. The standard InChI is InChI=1S/C37H35ClF5N7O3S/c38-24-8-21-29(28(41)27(24)20-2-3-25(40)30-26(20)22(11-44)31(45)54-30)46-34(53-17-36-5-1-7-50(36)12-18(39)9-36)47-32(21)48-13-19(51)4-6-35(14-48)15-49(16-35)33(52)23-10-37(23,42)43/h2-3,8,18-19,23,51H,1,4-7,9-10,12-17,45H2/t18-,19?,23+,36+/m1/s1. The second-order valence-corrected chi connectivity index (χ2v) is 17.1. The van der Waals surface area contributed by atoms with Crippen LogP contribution in [0, 0.1) is 34.3 Å². The number of halogens is 6. The Morgan fingerprint density at radius 1 is 1.17 bits per heavy atom. The number of aliphatic hydroxyl groups is 1. The summed E-state index contributed by atoms with van der Waals surface area (Å²) in [6, 6.07) is 5.76. The molecule has 10 nitrogen and oxygen atoms in total. The van der Waals surface area contributed by atoms with Gasteiger partial charge >= 0.3 is 6.01 Å². The minimum absolute atomic E-state index is 0.0159. The molecule has 284 valence electrons. The number of ether oxygens (including phenoxy) is 1. The van der Waals surface area contributed by atoms with Gasteiger partial charge in [-0.3, -0.25) is 9.69 Å². The fraction of sp³-hybridized carbons (Fsp3) is 0.514. The smallest absolute Gasteiger partial charge is 0.319 e. The van der Waals surface area contributed by atoms with E-state index in [1.807, 2.05) is 6.07 Å². The number of carbonyl (C=O) groups is 1. The molecule has 3 N–H and O–H groups in total. The van der Waals surface area contributed by atoms with E-state index in [0.29, 0.717) is 25.8 Å². The molecule has 5 fully saturated rings. The number of nitrogens with two attached hydrogens (primary N) is 1. The minimum Gasteiger partial charge on any atom is -0.461 e. The number of anilines is 2. The number of amides is 1. The summed E-state index contributed by atoms with van der Waals surface area (Å²) in [6.45, 7) is 1.81. The molecule has 4 saturated heterocycles. The summed E-state index contributed by atoms with van der Waals surface area (Å²) in [5, 5.41) is 21.3. The predicted octanol–water partition coefficient (Wildman–Crippen LogP) is 6.30. The number of hydrogen-bond acceptors (Lipinski definition) is 10. The maximum absolute atomic E-state index is 17.2. The van der Waals surface area contributed by atoms with Gasteiger partial charge in [-0.1, -0.05) is 17.7 Å². The monoisotopic (exact) mass is 787 g/mol. The molecule has 17 heteroatoms. The Balaban J connectivity index is 1.15. The van der Waals surface area contributed by atoms with Crippen molar-refractivity contribution in [1.29, 1.82) is 5.26 Å². The van der Waals surface area contributed by atoms with Gasteiger partial charge in [0.1, 0.15) is 46.9 Å². The van der Waals surface area contributed by atoms with Crippen LogP contribution in [0.1, 0.15) is 44.1 Å². The van der Waals surface area contributed by atoms with Crippen molar-refractivity contribution in [3.8, 4) is 23.2 Å². The molecule has 0 radical (unpaired) electrons. The maximum atomic E-state index is 17.2. The van der Waals surface area contributed by atoms with Crippen molar-refractivity contribution < 1.29 is 36.6 Å². The molecule has 4 atom stereocenters. The van der Waals surface area contributed by atoms with Crippen LogP contribution in [0.5, 0.6) is 6.01 Å². The molecule has 2 aromatic heterocycles. The molecule has 4 aromatic rings. The summed E-state index contributed by atoms with van der Waals surface area (Å²) in [5.41, 5.74) is 4.71. The first kappa shape index (κ1) is 35.6. The normalized spacial score (nSPS) is 27.3. The number of aliphatic hydroxyl groups excluding tert-OH is 1. The van der Waals surface area contributed by atoms with Crippen LogP contribution in [0.3, 0.4) is 0 Å². The van der Waals surface area contributed by atoms with Crippen LogP contribution in [-0.2, 0) is 4.79 Å². The van der Waals surface area contributed by atoms with Crippen molar-refractivity contribution >= 4 is 60.7 Å². The van der Waals surface area contributed by atoms with Crippen LogP contribution < -0.4 is 15.4 Å². The predicted molar refractivity (Wildman–Crippen MR) is 192 cm³/mol. The van der Waals surface area contributed by atoms with E-state index in [2.05, 4.69) is 9.88 Å². The van der Waals surface area contributed by atoms with Crippen molar-refractivity contribution in [1.82, 2.24) is 19.8 Å². The number of nitrogens with zero attached hydrogens (tertiary/aromatic N) is 6. The first-order chi connectivity index (χ1) is 25.7. The number of thiophene rings is 1. The number of hydrogen-bond donors (Lipinski definition) is 2. The van der Waals surface area contributed by atoms with Gasteiger partial charge in [-0.25, -0.2) is 22.0 Å². The van der Waals surface area contributed by atoms with Crippen LogP contribution in [0.2, 0.25) is 5.02 Å². The van der Waals surface area contributed by atoms with Crippen molar-refractivity contribution in [3.63, 3.8) is 0 Å². The lowest BCUT2D eigenvalue weighted by molar-refractivity contribution is -0.147. The highest BCUT2D eigenvalue weighted by atomic mass is 35.5. The molecule has 1 amide bonds. The fourth-order valence-corrected chi connectivity index (χ4v) is 10.5. The van der Waals surface area contributed by atoms with Gasteiger partial charge in [0, 0.05) is 67.3 Å². The van der Waals surface area contributed by atoms with Crippen LogP contribution in [-0.4, -0.2) is 100 Å². The van der Waals surface area contributed by atoms with E-state index >= 15 is 4.39 Å². The number of aromatic nitrogens is 2. The Hall–Kier alpha value is -4.04. The van der Waals surface area contributed by atoms with Crippen molar-refractivity contribution in [3.05, 3.63) is 40.4 Å². The topological polar surface area (TPSA) is 132 Å². The highest BCUT2D eigenvalue weighted by Gasteiger charge is 2.64. The number of β-amino-alcohol motifs (C(OH)–C–C–N with tert-alkyl or cyclic N) is 1. The number of carbonyl (C=O) groups excluding carboxylic acids is 1. The van der Waals surface area contributed by atoms with Gasteiger partial charge in [-0.15, -0.1) is 11.3 Å².